The van der Waals surface area contributed by atoms with E-state index in [4.69, 9.17) is 22.1 Å². The lowest BCUT2D eigenvalue weighted by molar-refractivity contribution is 0.274. The van der Waals surface area contributed by atoms with Crippen LogP contribution in [0.25, 0.3) is 0 Å². The zero-order chi connectivity index (χ0) is 11.5. The van der Waals surface area contributed by atoms with Gasteiger partial charge in [0.2, 0.25) is 0 Å². The number of hydrogen-bond donors (Lipinski definition) is 1. The first-order chi connectivity index (χ1) is 6.88. The highest BCUT2D eigenvalue weighted by Gasteiger charge is 2.11. The van der Waals surface area contributed by atoms with Crippen molar-refractivity contribution in [2.75, 3.05) is 6.61 Å². The van der Waals surface area contributed by atoms with Crippen LogP contribution in [0.2, 0.25) is 5.02 Å². The lowest BCUT2D eigenvalue weighted by atomic mass is 10.0. The van der Waals surface area contributed by atoms with Crippen LogP contribution < -0.4 is 10.5 Å². The van der Waals surface area contributed by atoms with Crippen LogP contribution in [0, 0.1) is 6.92 Å². The van der Waals surface area contributed by atoms with E-state index in [1.165, 1.54) is 0 Å². The molecule has 0 aliphatic carbocycles. The fraction of sp³-hybridized carbons (Fsp3) is 0.500. The van der Waals surface area contributed by atoms with Crippen LogP contribution in [-0.4, -0.2) is 12.1 Å². The fourth-order valence-corrected chi connectivity index (χ4v) is 1.32. The Kier molecular flexibility index (Phi) is 4.00. The molecule has 0 atom stereocenters. The molecule has 1 aromatic carbocycles. The molecule has 0 unspecified atom stereocenters. The zero-order valence-corrected chi connectivity index (χ0v) is 10.3. The van der Waals surface area contributed by atoms with Gasteiger partial charge >= 0.3 is 0 Å². The Morgan fingerprint density at radius 1 is 1.40 bits per heavy atom. The minimum Gasteiger partial charge on any atom is -0.492 e. The van der Waals surface area contributed by atoms with E-state index in [0.717, 1.165) is 17.7 Å². The van der Waals surface area contributed by atoms with Crippen LogP contribution in [0.15, 0.2) is 18.2 Å². The second kappa shape index (κ2) is 4.86. The topological polar surface area (TPSA) is 35.2 Å². The van der Waals surface area contributed by atoms with Crippen molar-refractivity contribution in [3.05, 3.63) is 28.8 Å². The summed E-state index contributed by atoms with van der Waals surface area (Å²) in [5, 5.41) is 0.649. The highest BCUT2D eigenvalue weighted by molar-refractivity contribution is 6.32. The highest BCUT2D eigenvalue weighted by atomic mass is 35.5. The molecule has 0 aromatic heterocycles. The van der Waals surface area contributed by atoms with Crippen LogP contribution in [0.4, 0.5) is 0 Å². The summed E-state index contributed by atoms with van der Waals surface area (Å²) in [6.07, 6.45) is 0.803. The SMILES string of the molecule is Cc1ccc(Cl)c(OCCC(C)(C)N)c1. The lowest BCUT2D eigenvalue weighted by Crippen LogP contribution is -2.33. The van der Waals surface area contributed by atoms with Gasteiger partial charge in [-0.25, -0.2) is 0 Å². The maximum Gasteiger partial charge on any atom is 0.138 e. The van der Waals surface area contributed by atoms with Gasteiger partial charge in [-0.1, -0.05) is 17.7 Å². The summed E-state index contributed by atoms with van der Waals surface area (Å²) in [7, 11) is 0. The maximum atomic E-state index is 5.99. The van der Waals surface area contributed by atoms with Gasteiger partial charge in [-0.3, -0.25) is 0 Å². The summed E-state index contributed by atoms with van der Waals surface area (Å²) in [6.45, 7) is 6.56. The molecule has 15 heavy (non-hydrogen) atoms. The Bertz CT molecular complexity index is 331. The van der Waals surface area contributed by atoms with E-state index in [2.05, 4.69) is 0 Å². The quantitative estimate of drug-likeness (QED) is 0.858. The van der Waals surface area contributed by atoms with Crippen LogP contribution in [0.5, 0.6) is 5.75 Å². The summed E-state index contributed by atoms with van der Waals surface area (Å²) in [4.78, 5) is 0. The average molecular weight is 228 g/mol. The Morgan fingerprint density at radius 2 is 2.07 bits per heavy atom. The molecule has 0 spiro atoms. The molecule has 0 saturated carbocycles. The van der Waals surface area contributed by atoms with Crippen molar-refractivity contribution in [1.82, 2.24) is 0 Å². The Morgan fingerprint density at radius 3 is 2.67 bits per heavy atom. The molecular formula is C12H18ClNO. The third-order valence-electron chi connectivity index (χ3n) is 2.09. The fourth-order valence-electron chi connectivity index (χ4n) is 1.15. The zero-order valence-electron chi connectivity index (χ0n) is 9.51. The normalized spacial score (nSPS) is 11.5. The predicted octanol–water partition coefficient (Wildman–Crippen LogP) is 3.15. The number of aryl methyl sites for hydroxylation is 1. The van der Waals surface area contributed by atoms with Crippen LogP contribution >= 0.6 is 11.6 Å². The van der Waals surface area contributed by atoms with Crippen LogP contribution in [0.1, 0.15) is 25.8 Å². The molecule has 2 nitrogen and oxygen atoms in total. The predicted molar refractivity (Wildman–Crippen MR) is 64.6 cm³/mol. The van der Waals surface area contributed by atoms with Crippen LogP contribution in [0.3, 0.4) is 0 Å². The maximum absolute atomic E-state index is 5.99. The second-order valence-electron chi connectivity index (χ2n) is 4.52. The standard InChI is InChI=1S/C12H18ClNO/c1-9-4-5-10(13)11(8-9)15-7-6-12(2,3)14/h4-5,8H,6-7,14H2,1-3H3. The molecule has 0 saturated heterocycles. The number of rotatable bonds is 4. The molecule has 84 valence electrons. The number of halogens is 1. The minimum atomic E-state index is -0.198. The molecule has 2 N–H and O–H groups in total. The molecule has 3 heteroatoms. The van der Waals surface area contributed by atoms with Crippen molar-refractivity contribution in [3.8, 4) is 5.75 Å². The Hall–Kier alpha value is -0.730. The van der Waals surface area contributed by atoms with Gasteiger partial charge in [-0.15, -0.1) is 0 Å². The van der Waals surface area contributed by atoms with Crippen LogP contribution in [-0.2, 0) is 0 Å². The summed E-state index contributed by atoms with van der Waals surface area (Å²) in [5.74, 6) is 0.737. The molecule has 0 bridgehead atoms. The van der Waals surface area contributed by atoms with E-state index in [0.29, 0.717) is 11.6 Å². The van der Waals surface area contributed by atoms with Gasteiger partial charge in [0.15, 0.2) is 0 Å². The van der Waals surface area contributed by atoms with Gasteiger partial charge in [0, 0.05) is 5.54 Å². The first-order valence-corrected chi connectivity index (χ1v) is 5.44. The Balaban J connectivity index is 2.54. The van der Waals surface area contributed by atoms with Gasteiger partial charge in [-0.2, -0.15) is 0 Å². The third-order valence-corrected chi connectivity index (χ3v) is 2.40. The highest BCUT2D eigenvalue weighted by Crippen LogP contribution is 2.25. The molecule has 0 heterocycles. The minimum absolute atomic E-state index is 0.198. The Labute approximate surface area is 96.4 Å². The van der Waals surface area contributed by atoms with E-state index in [1.807, 2.05) is 39.0 Å². The van der Waals surface area contributed by atoms with Crippen molar-refractivity contribution in [3.63, 3.8) is 0 Å². The molecule has 0 aliphatic heterocycles. The van der Waals surface area contributed by atoms with Gasteiger partial charge in [0.25, 0.3) is 0 Å². The molecule has 0 amide bonds. The van der Waals surface area contributed by atoms with Crippen molar-refractivity contribution >= 4 is 11.6 Å². The largest absolute Gasteiger partial charge is 0.492 e. The monoisotopic (exact) mass is 227 g/mol. The molecule has 0 radical (unpaired) electrons. The van der Waals surface area contributed by atoms with E-state index < -0.39 is 0 Å². The molecule has 1 aromatic rings. The average Bonchev–Trinajstić information content (AvgIpc) is 2.09. The van der Waals surface area contributed by atoms with E-state index in [1.54, 1.807) is 0 Å². The summed E-state index contributed by atoms with van der Waals surface area (Å²) in [5.41, 5.74) is 6.80. The third kappa shape index (κ3) is 4.54. The number of benzene rings is 1. The molecule has 1 rings (SSSR count). The van der Waals surface area contributed by atoms with Gasteiger partial charge in [0.1, 0.15) is 5.75 Å². The summed E-state index contributed by atoms with van der Waals surface area (Å²) < 4.78 is 5.58. The summed E-state index contributed by atoms with van der Waals surface area (Å²) >= 11 is 5.99. The van der Waals surface area contributed by atoms with Crippen molar-refractivity contribution in [1.29, 1.82) is 0 Å². The smallest absolute Gasteiger partial charge is 0.138 e. The van der Waals surface area contributed by atoms with Crippen molar-refractivity contribution in [2.24, 2.45) is 5.73 Å². The van der Waals surface area contributed by atoms with E-state index in [9.17, 15) is 0 Å². The van der Waals surface area contributed by atoms with Crippen molar-refractivity contribution in [2.45, 2.75) is 32.7 Å². The number of hydrogen-bond acceptors (Lipinski definition) is 2. The summed E-state index contributed by atoms with van der Waals surface area (Å²) in [6, 6.07) is 5.74. The molecular weight excluding hydrogens is 210 g/mol. The molecule has 0 aliphatic rings. The van der Waals surface area contributed by atoms with E-state index >= 15 is 0 Å². The van der Waals surface area contributed by atoms with Gasteiger partial charge in [-0.05, 0) is 44.9 Å². The van der Waals surface area contributed by atoms with E-state index in [-0.39, 0.29) is 5.54 Å². The second-order valence-corrected chi connectivity index (χ2v) is 4.93. The van der Waals surface area contributed by atoms with Gasteiger partial charge in [0.05, 0.1) is 11.6 Å². The number of nitrogens with two attached hydrogens (primary N) is 1. The first-order valence-electron chi connectivity index (χ1n) is 5.06. The van der Waals surface area contributed by atoms with Crippen molar-refractivity contribution < 1.29 is 4.74 Å². The van der Waals surface area contributed by atoms with Gasteiger partial charge < -0.3 is 10.5 Å². The lowest BCUT2D eigenvalue weighted by Gasteiger charge is -2.18. The molecule has 0 fully saturated rings. The number of ether oxygens (including phenoxy) is 1. The first kappa shape index (κ1) is 12.3.